The first-order chi connectivity index (χ1) is 7.16. The summed E-state index contributed by atoms with van der Waals surface area (Å²) in [5.74, 6) is -2.41. The van der Waals surface area contributed by atoms with Crippen molar-refractivity contribution < 1.29 is 8.78 Å². The quantitative estimate of drug-likeness (QED) is 0.734. The van der Waals surface area contributed by atoms with Crippen molar-refractivity contribution in [1.29, 1.82) is 5.26 Å². The average molecular weight is 225 g/mol. The minimum Gasteiger partial charge on any atom is -0.198 e. The lowest BCUT2D eigenvalue weighted by Gasteiger charge is -2.07. The zero-order valence-electron chi connectivity index (χ0n) is 7.91. The second-order valence-corrected chi connectivity index (χ2v) is 4.66. The summed E-state index contributed by atoms with van der Waals surface area (Å²) in [5, 5.41) is 8.98. The van der Waals surface area contributed by atoms with Crippen LogP contribution in [0.4, 0.5) is 8.78 Å². The molecule has 1 fully saturated rings. The fourth-order valence-corrected chi connectivity index (χ4v) is 2.12. The van der Waals surface area contributed by atoms with Crippen LogP contribution in [-0.4, -0.2) is 5.76 Å². The third-order valence-corrected chi connectivity index (χ3v) is 3.28. The Kier molecular flexibility index (Phi) is 2.66. The van der Waals surface area contributed by atoms with Crippen LogP contribution in [0.5, 0.6) is 0 Å². The molecule has 1 aromatic rings. The van der Waals surface area contributed by atoms with Gasteiger partial charge in [0, 0.05) is 4.90 Å². The Labute approximate surface area is 91.1 Å². The van der Waals surface area contributed by atoms with E-state index in [1.54, 1.807) is 18.2 Å². The fraction of sp³-hybridized carbons (Fsp3) is 0.364. The highest BCUT2D eigenvalue weighted by atomic mass is 32.2. The van der Waals surface area contributed by atoms with Crippen LogP contribution in [0.1, 0.15) is 18.4 Å². The molecule has 0 amide bonds. The molecule has 15 heavy (non-hydrogen) atoms. The monoisotopic (exact) mass is 225 g/mol. The molecule has 78 valence electrons. The van der Waals surface area contributed by atoms with Crippen molar-refractivity contribution >= 4 is 11.8 Å². The van der Waals surface area contributed by atoms with E-state index in [0.29, 0.717) is 16.7 Å². The molecule has 0 radical (unpaired) electrons. The van der Waals surface area contributed by atoms with Crippen LogP contribution in [0.25, 0.3) is 0 Å². The van der Waals surface area contributed by atoms with E-state index in [4.69, 9.17) is 5.26 Å². The van der Waals surface area contributed by atoms with E-state index >= 15 is 0 Å². The lowest BCUT2D eigenvalue weighted by molar-refractivity contribution is 0.252. The maximum absolute atomic E-state index is 12.1. The molecule has 2 rings (SSSR count). The van der Waals surface area contributed by atoms with Crippen LogP contribution in [-0.2, 0) is 5.41 Å². The van der Waals surface area contributed by atoms with Crippen LogP contribution in [0.3, 0.4) is 0 Å². The molecule has 1 aliphatic rings. The van der Waals surface area contributed by atoms with Crippen LogP contribution in [0, 0.1) is 11.3 Å². The number of thioether (sulfide) groups is 1. The standard InChI is InChI=1S/C11H9F2NS/c12-10(13)15-9-3-1-2-8(6-9)11(7-14)4-5-11/h1-3,6,10H,4-5H2. The van der Waals surface area contributed by atoms with E-state index in [0.717, 1.165) is 18.4 Å². The Morgan fingerprint density at radius 3 is 2.67 bits per heavy atom. The maximum atomic E-state index is 12.1. The molecule has 1 aromatic carbocycles. The van der Waals surface area contributed by atoms with Crippen molar-refractivity contribution in [3.05, 3.63) is 29.8 Å². The summed E-state index contributed by atoms with van der Waals surface area (Å²) in [7, 11) is 0. The number of hydrogen-bond acceptors (Lipinski definition) is 2. The SMILES string of the molecule is N#CC1(c2cccc(SC(F)F)c2)CC1. The lowest BCUT2D eigenvalue weighted by atomic mass is 9.98. The summed E-state index contributed by atoms with van der Waals surface area (Å²) in [6, 6.07) is 9.17. The molecule has 0 aliphatic heterocycles. The molecule has 0 spiro atoms. The molecule has 4 heteroatoms. The summed E-state index contributed by atoms with van der Waals surface area (Å²) in [4.78, 5) is 0.532. The first kappa shape index (κ1) is 10.4. The van der Waals surface area contributed by atoms with Crippen molar-refractivity contribution in [2.75, 3.05) is 0 Å². The van der Waals surface area contributed by atoms with Gasteiger partial charge in [0.1, 0.15) is 0 Å². The summed E-state index contributed by atoms with van der Waals surface area (Å²) in [6.07, 6.45) is 1.68. The summed E-state index contributed by atoms with van der Waals surface area (Å²) in [6.45, 7) is 0. The number of hydrogen-bond donors (Lipinski definition) is 0. The minimum absolute atomic E-state index is 0.390. The molecule has 0 saturated heterocycles. The third kappa shape index (κ3) is 2.13. The highest BCUT2D eigenvalue weighted by molar-refractivity contribution is 7.99. The number of benzene rings is 1. The third-order valence-electron chi connectivity index (χ3n) is 2.58. The average Bonchev–Trinajstić information content (AvgIpc) is 2.97. The van der Waals surface area contributed by atoms with Crippen molar-refractivity contribution in [2.45, 2.75) is 28.9 Å². The van der Waals surface area contributed by atoms with Gasteiger partial charge in [-0.1, -0.05) is 23.9 Å². The van der Waals surface area contributed by atoms with E-state index in [2.05, 4.69) is 6.07 Å². The molecule has 0 unspecified atom stereocenters. The topological polar surface area (TPSA) is 23.8 Å². The first-order valence-corrected chi connectivity index (χ1v) is 5.51. The molecule has 1 saturated carbocycles. The Morgan fingerprint density at radius 1 is 1.40 bits per heavy atom. The van der Waals surface area contributed by atoms with Crippen molar-refractivity contribution in [3.8, 4) is 6.07 Å². The number of nitrogens with zero attached hydrogens (tertiary/aromatic N) is 1. The summed E-state index contributed by atoms with van der Waals surface area (Å²) < 4.78 is 24.3. The van der Waals surface area contributed by atoms with Gasteiger partial charge < -0.3 is 0 Å². The van der Waals surface area contributed by atoms with Crippen molar-refractivity contribution in [3.63, 3.8) is 0 Å². The van der Waals surface area contributed by atoms with Gasteiger partial charge in [-0.05, 0) is 30.5 Å². The molecule has 0 atom stereocenters. The van der Waals surface area contributed by atoms with Gasteiger partial charge in [0.05, 0.1) is 11.5 Å². The molecule has 0 aromatic heterocycles. The van der Waals surface area contributed by atoms with Crippen LogP contribution >= 0.6 is 11.8 Å². The molecule has 0 N–H and O–H groups in total. The minimum atomic E-state index is -2.41. The van der Waals surface area contributed by atoms with E-state index in [9.17, 15) is 8.78 Å². The van der Waals surface area contributed by atoms with Gasteiger partial charge in [-0.2, -0.15) is 14.0 Å². The lowest BCUT2D eigenvalue weighted by Crippen LogP contribution is -2.02. The van der Waals surface area contributed by atoms with Crippen LogP contribution < -0.4 is 0 Å². The Hall–Kier alpha value is -1.08. The van der Waals surface area contributed by atoms with Gasteiger partial charge in [0.2, 0.25) is 0 Å². The van der Waals surface area contributed by atoms with E-state index in [-0.39, 0.29) is 0 Å². The summed E-state index contributed by atoms with van der Waals surface area (Å²) >= 11 is 0.524. The smallest absolute Gasteiger partial charge is 0.198 e. The second kappa shape index (κ2) is 3.82. The van der Waals surface area contributed by atoms with E-state index in [1.807, 2.05) is 6.07 Å². The summed E-state index contributed by atoms with van der Waals surface area (Å²) in [5.41, 5.74) is 0.481. The number of nitriles is 1. The Bertz CT molecular complexity index is 407. The van der Waals surface area contributed by atoms with Crippen molar-refractivity contribution in [1.82, 2.24) is 0 Å². The number of alkyl halides is 2. The Morgan fingerprint density at radius 2 is 2.13 bits per heavy atom. The van der Waals surface area contributed by atoms with Gasteiger partial charge in [-0.15, -0.1) is 0 Å². The van der Waals surface area contributed by atoms with E-state index in [1.165, 1.54) is 0 Å². The van der Waals surface area contributed by atoms with Gasteiger partial charge in [-0.25, -0.2) is 0 Å². The molecular weight excluding hydrogens is 216 g/mol. The van der Waals surface area contributed by atoms with Gasteiger partial charge >= 0.3 is 0 Å². The molecular formula is C11H9F2NS. The zero-order chi connectivity index (χ0) is 10.9. The van der Waals surface area contributed by atoms with Gasteiger partial charge in [-0.3, -0.25) is 0 Å². The fourth-order valence-electron chi connectivity index (χ4n) is 1.56. The first-order valence-electron chi connectivity index (χ1n) is 4.63. The molecule has 1 aliphatic carbocycles. The Balaban J connectivity index is 2.24. The molecule has 0 bridgehead atoms. The van der Waals surface area contributed by atoms with Gasteiger partial charge in [0.25, 0.3) is 5.76 Å². The highest BCUT2D eigenvalue weighted by Gasteiger charge is 2.44. The molecule has 1 nitrogen and oxygen atoms in total. The van der Waals surface area contributed by atoms with Crippen molar-refractivity contribution in [2.24, 2.45) is 0 Å². The van der Waals surface area contributed by atoms with E-state index < -0.39 is 11.2 Å². The highest BCUT2D eigenvalue weighted by Crippen LogP contribution is 2.48. The number of rotatable bonds is 3. The number of halogens is 2. The second-order valence-electron chi connectivity index (χ2n) is 3.60. The van der Waals surface area contributed by atoms with Gasteiger partial charge in [0.15, 0.2) is 0 Å². The molecule has 0 heterocycles. The normalized spacial score (nSPS) is 17.5. The maximum Gasteiger partial charge on any atom is 0.288 e. The predicted octanol–water partition coefficient (Wildman–Crippen LogP) is 3.56. The largest absolute Gasteiger partial charge is 0.288 e. The zero-order valence-corrected chi connectivity index (χ0v) is 8.73. The predicted molar refractivity (Wildman–Crippen MR) is 54.8 cm³/mol. The van der Waals surface area contributed by atoms with Crippen LogP contribution in [0.15, 0.2) is 29.2 Å². The van der Waals surface area contributed by atoms with Crippen LogP contribution in [0.2, 0.25) is 0 Å².